The summed E-state index contributed by atoms with van der Waals surface area (Å²) in [6, 6.07) is 8.85. The second-order valence-electron chi connectivity index (χ2n) is 6.73. The number of ether oxygens (including phenoxy) is 1. The van der Waals surface area contributed by atoms with Gasteiger partial charge in [0.05, 0.1) is 19.8 Å². The van der Waals surface area contributed by atoms with Gasteiger partial charge < -0.3 is 14.5 Å². The van der Waals surface area contributed by atoms with Crippen molar-refractivity contribution in [2.24, 2.45) is 10.9 Å². The van der Waals surface area contributed by atoms with Gasteiger partial charge in [-0.2, -0.15) is 0 Å². The summed E-state index contributed by atoms with van der Waals surface area (Å²) in [7, 11) is 0. The Morgan fingerprint density at radius 1 is 1.23 bits per heavy atom. The molecule has 5 nitrogen and oxygen atoms in total. The number of morpholine rings is 1. The molecule has 2 aliphatic heterocycles. The summed E-state index contributed by atoms with van der Waals surface area (Å²) in [4.78, 5) is 13.6. The Morgan fingerprint density at radius 2 is 2.04 bits per heavy atom. The van der Waals surface area contributed by atoms with Gasteiger partial charge in [0, 0.05) is 54.2 Å². The highest BCUT2D eigenvalue weighted by atomic mass is 32.1. The quantitative estimate of drug-likeness (QED) is 0.802. The molecule has 4 rings (SSSR count). The normalized spacial score (nSPS) is 20.1. The Labute approximate surface area is 158 Å². The summed E-state index contributed by atoms with van der Waals surface area (Å²) >= 11 is 1.70. The molecule has 0 saturated carbocycles. The number of nitrogens with zero attached hydrogens (tertiary/aromatic N) is 4. The van der Waals surface area contributed by atoms with E-state index in [1.807, 2.05) is 24.0 Å². The third-order valence-electron chi connectivity index (χ3n) is 4.76. The first-order valence-electron chi connectivity index (χ1n) is 9.10. The van der Waals surface area contributed by atoms with Crippen LogP contribution in [0.5, 0.6) is 0 Å². The second kappa shape index (κ2) is 8.01. The van der Waals surface area contributed by atoms with E-state index >= 15 is 0 Å². The van der Waals surface area contributed by atoms with E-state index in [0.717, 1.165) is 44.3 Å². The molecule has 1 aromatic carbocycles. The molecule has 0 radical (unpaired) electrons. The third kappa shape index (κ3) is 3.97. The molecule has 3 heterocycles. The molecule has 2 aromatic rings. The van der Waals surface area contributed by atoms with Gasteiger partial charge in [-0.3, -0.25) is 4.99 Å². The predicted octanol–water partition coefficient (Wildman–Crippen LogP) is 3.94. The smallest absolute Gasteiger partial charge is 0.112 e. The van der Waals surface area contributed by atoms with Crippen molar-refractivity contribution < 1.29 is 4.74 Å². The molecule has 0 bridgehead atoms. The van der Waals surface area contributed by atoms with E-state index < -0.39 is 0 Å². The lowest BCUT2D eigenvalue weighted by molar-refractivity contribution is 0.122. The lowest BCUT2D eigenvalue weighted by atomic mass is 10.0. The van der Waals surface area contributed by atoms with Crippen molar-refractivity contribution >= 4 is 28.9 Å². The molecule has 0 spiro atoms. The highest BCUT2D eigenvalue weighted by Crippen LogP contribution is 2.30. The monoisotopic (exact) mass is 368 g/mol. The van der Waals surface area contributed by atoms with E-state index in [9.17, 15) is 0 Å². The molecule has 2 aliphatic rings. The van der Waals surface area contributed by atoms with Crippen molar-refractivity contribution in [3.05, 3.63) is 52.7 Å². The Bertz CT molecular complexity index is 764. The van der Waals surface area contributed by atoms with Crippen molar-refractivity contribution in [2.75, 3.05) is 36.1 Å². The molecule has 1 fully saturated rings. The average Bonchev–Trinajstić information content (AvgIpc) is 3.20. The van der Waals surface area contributed by atoms with Crippen LogP contribution in [0.2, 0.25) is 0 Å². The molecular weight excluding hydrogens is 344 g/mol. The van der Waals surface area contributed by atoms with Gasteiger partial charge in [0.25, 0.3) is 0 Å². The molecule has 0 N–H and O–H groups in total. The first-order valence-corrected chi connectivity index (χ1v) is 9.98. The molecule has 0 amide bonds. The van der Waals surface area contributed by atoms with Gasteiger partial charge in [0.2, 0.25) is 0 Å². The minimum absolute atomic E-state index is 0.460. The second-order valence-corrected chi connectivity index (χ2v) is 7.71. The van der Waals surface area contributed by atoms with Crippen LogP contribution in [-0.4, -0.2) is 37.5 Å². The summed E-state index contributed by atoms with van der Waals surface area (Å²) < 4.78 is 5.45. The number of thiazole rings is 1. The molecule has 0 aliphatic carbocycles. The Morgan fingerprint density at radius 3 is 2.73 bits per heavy atom. The van der Waals surface area contributed by atoms with Gasteiger partial charge >= 0.3 is 0 Å². The van der Waals surface area contributed by atoms with Crippen LogP contribution in [0.25, 0.3) is 0 Å². The van der Waals surface area contributed by atoms with Crippen molar-refractivity contribution in [1.82, 2.24) is 4.98 Å². The van der Waals surface area contributed by atoms with Gasteiger partial charge in [0.1, 0.15) is 5.01 Å². The fourth-order valence-corrected chi connectivity index (χ4v) is 3.99. The first kappa shape index (κ1) is 17.2. The molecule has 6 heteroatoms. The van der Waals surface area contributed by atoms with E-state index in [4.69, 9.17) is 4.74 Å². The number of hydrogen-bond acceptors (Lipinski definition) is 6. The Balaban J connectivity index is 1.58. The molecule has 26 heavy (non-hydrogen) atoms. The minimum Gasteiger partial charge on any atom is -0.378 e. The zero-order valence-corrected chi connectivity index (χ0v) is 15.9. The van der Waals surface area contributed by atoms with Crippen molar-refractivity contribution in [2.45, 2.75) is 19.9 Å². The van der Waals surface area contributed by atoms with Crippen LogP contribution in [-0.2, 0) is 11.3 Å². The van der Waals surface area contributed by atoms with Gasteiger partial charge in [-0.05, 0) is 36.6 Å². The summed E-state index contributed by atoms with van der Waals surface area (Å²) in [5, 5.41) is 3.15. The lowest BCUT2D eigenvalue weighted by Gasteiger charge is -2.31. The highest BCUT2D eigenvalue weighted by molar-refractivity contribution is 7.09. The third-order valence-corrected chi connectivity index (χ3v) is 5.52. The molecule has 1 saturated heterocycles. The van der Waals surface area contributed by atoms with E-state index in [0.29, 0.717) is 5.92 Å². The van der Waals surface area contributed by atoms with E-state index in [1.165, 1.54) is 17.1 Å². The number of anilines is 2. The SMILES string of the molecule is CC1C=NC=C(N(Cc2nccs2)c2ccc(N3CCOCC3)cc2)C1. The van der Waals surface area contributed by atoms with Gasteiger partial charge in [-0.15, -0.1) is 11.3 Å². The summed E-state index contributed by atoms with van der Waals surface area (Å²) in [5.74, 6) is 0.460. The fourth-order valence-electron chi connectivity index (χ4n) is 3.38. The minimum atomic E-state index is 0.460. The topological polar surface area (TPSA) is 41.0 Å². The zero-order valence-electron chi connectivity index (χ0n) is 15.0. The first-order chi connectivity index (χ1) is 12.8. The summed E-state index contributed by atoms with van der Waals surface area (Å²) in [6.45, 7) is 6.52. The molecular formula is C20H24N4OS. The van der Waals surface area contributed by atoms with Crippen LogP contribution in [0.1, 0.15) is 18.4 Å². The number of aliphatic imine (C=N–C) groups is 1. The van der Waals surface area contributed by atoms with Crippen molar-refractivity contribution in [1.29, 1.82) is 0 Å². The average molecular weight is 369 g/mol. The standard InChI is InChI=1S/C20H24N4OS/c1-16-12-19(14-21-13-16)24(15-20-22-6-11-26-20)18-4-2-17(3-5-18)23-7-9-25-10-8-23/h2-6,11,13-14,16H,7-10,12,15H2,1H3. The number of rotatable bonds is 5. The van der Waals surface area contributed by atoms with Crippen LogP contribution in [0.15, 0.2) is 52.7 Å². The fraction of sp³-hybridized carbons (Fsp3) is 0.400. The van der Waals surface area contributed by atoms with Crippen LogP contribution < -0.4 is 9.80 Å². The zero-order chi connectivity index (χ0) is 17.8. The molecule has 1 unspecified atom stereocenters. The highest BCUT2D eigenvalue weighted by Gasteiger charge is 2.19. The lowest BCUT2D eigenvalue weighted by Crippen LogP contribution is -2.36. The van der Waals surface area contributed by atoms with Gasteiger partial charge in [-0.1, -0.05) is 6.92 Å². The number of allylic oxidation sites excluding steroid dienone is 1. The van der Waals surface area contributed by atoms with Crippen molar-refractivity contribution in [3.8, 4) is 0 Å². The van der Waals surface area contributed by atoms with Crippen molar-refractivity contribution in [3.63, 3.8) is 0 Å². The van der Waals surface area contributed by atoms with Crippen LogP contribution in [0, 0.1) is 5.92 Å². The maximum Gasteiger partial charge on any atom is 0.112 e. The van der Waals surface area contributed by atoms with Gasteiger partial charge in [0.15, 0.2) is 0 Å². The maximum absolute atomic E-state index is 5.45. The Hall–Kier alpha value is -2.18. The van der Waals surface area contributed by atoms with Crippen LogP contribution in [0.4, 0.5) is 11.4 Å². The largest absolute Gasteiger partial charge is 0.378 e. The maximum atomic E-state index is 5.45. The van der Waals surface area contributed by atoms with Crippen LogP contribution >= 0.6 is 11.3 Å². The number of benzene rings is 1. The van der Waals surface area contributed by atoms with E-state index in [-0.39, 0.29) is 0 Å². The summed E-state index contributed by atoms with van der Waals surface area (Å²) in [5.41, 5.74) is 3.69. The number of hydrogen-bond donors (Lipinski definition) is 0. The van der Waals surface area contributed by atoms with Crippen LogP contribution in [0.3, 0.4) is 0 Å². The summed E-state index contributed by atoms with van der Waals surface area (Å²) in [6.07, 6.45) is 6.88. The molecule has 1 aromatic heterocycles. The van der Waals surface area contributed by atoms with E-state index in [2.05, 4.69) is 51.0 Å². The number of aromatic nitrogens is 1. The van der Waals surface area contributed by atoms with E-state index in [1.54, 1.807) is 11.3 Å². The molecule has 1 atom stereocenters. The predicted molar refractivity (Wildman–Crippen MR) is 108 cm³/mol. The Kier molecular flexibility index (Phi) is 5.32. The van der Waals surface area contributed by atoms with Gasteiger partial charge in [-0.25, -0.2) is 4.98 Å². The molecule has 136 valence electrons.